The molecule has 0 radical (unpaired) electrons. The number of methoxy groups -OCH3 is 1. The number of fused-ring (bicyclic) bond motifs is 1. The van der Waals surface area contributed by atoms with Crippen LogP contribution in [0.5, 0.6) is 5.75 Å². The molecule has 1 aromatic carbocycles. The summed E-state index contributed by atoms with van der Waals surface area (Å²) in [5.41, 5.74) is 2.23. The molecule has 1 aliphatic heterocycles. The van der Waals surface area contributed by atoms with Crippen molar-refractivity contribution in [3.8, 4) is 5.75 Å². The lowest BCUT2D eigenvalue weighted by molar-refractivity contribution is -0.142. The van der Waals surface area contributed by atoms with Crippen LogP contribution < -0.4 is 4.74 Å². The maximum Gasteiger partial charge on any atom is 0.321 e. The average molecular weight is 235 g/mol. The van der Waals surface area contributed by atoms with Gasteiger partial charge in [0, 0.05) is 6.54 Å². The molecule has 0 saturated heterocycles. The van der Waals surface area contributed by atoms with Crippen LogP contribution in [-0.4, -0.2) is 42.7 Å². The number of nitrogens with zero attached hydrogens (tertiary/aromatic N) is 1. The Bertz CT molecular complexity index is 431. The van der Waals surface area contributed by atoms with Gasteiger partial charge in [0.25, 0.3) is 0 Å². The molecular weight excluding hydrogens is 218 g/mol. The zero-order chi connectivity index (χ0) is 12.4. The lowest BCUT2D eigenvalue weighted by Crippen LogP contribution is -2.39. The second kappa shape index (κ2) is 4.75. The van der Waals surface area contributed by atoms with E-state index in [4.69, 9.17) is 4.74 Å². The van der Waals surface area contributed by atoms with Crippen LogP contribution in [-0.2, 0) is 17.6 Å². The van der Waals surface area contributed by atoms with Crippen LogP contribution in [0.2, 0.25) is 0 Å². The van der Waals surface area contributed by atoms with Crippen LogP contribution in [0, 0.1) is 0 Å². The lowest BCUT2D eigenvalue weighted by atomic mass is 9.99. The first-order valence-electron chi connectivity index (χ1n) is 5.71. The minimum absolute atomic E-state index is 0.441. The van der Waals surface area contributed by atoms with Crippen LogP contribution in [0.1, 0.15) is 11.1 Å². The SMILES string of the molecule is COc1cccc2c1CCN(C)C(C(=O)O)C2. The van der Waals surface area contributed by atoms with Crippen LogP contribution in [0.4, 0.5) is 0 Å². The predicted octanol–water partition coefficient (Wildman–Crippen LogP) is 1.18. The number of aliphatic carboxylic acids is 1. The van der Waals surface area contributed by atoms with Gasteiger partial charge in [-0.1, -0.05) is 12.1 Å². The highest BCUT2D eigenvalue weighted by atomic mass is 16.5. The fraction of sp³-hybridized carbons (Fsp3) is 0.462. The van der Waals surface area contributed by atoms with Gasteiger partial charge in [-0.05, 0) is 37.1 Å². The molecule has 0 saturated carbocycles. The molecule has 1 aromatic rings. The summed E-state index contributed by atoms with van der Waals surface area (Å²) >= 11 is 0. The Morgan fingerprint density at radius 2 is 2.29 bits per heavy atom. The number of hydrogen-bond donors (Lipinski definition) is 1. The molecule has 4 nitrogen and oxygen atoms in total. The van der Waals surface area contributed by atoms with Gasteiger partial charge < -0.3 is 9.84 Å². The van der Waals surface area contributed by atoms with Crippen molar-refractivity contribution in [1.82, 2.24) is 4.90 Å². The van der Waals surface area contributed by atoms with Gasteiger partial charge in [-0.25, -0.2) is 0 Å². The summed E-state index contributed by atoms with van der Waals surface area (Å²) in [7, 11) is 3.51. The standard InChI is InChI=1S/C13H17NO3/c1-14-7-6-10-9(8-11(14)13(15)16)4-3-5-12(10)17-2/h3-5,11H,6-8H2,1-2H3,(H,15,16). The Balaban J connectivity index is 2.38. The summed E-state index contributed by atoms with van der Waals surface area (Å²) in [4.78, 5) is 13.1. The highest BCUT2D eigenvalue weighted by Gasteiger charge is 2.27. The van der Waals surface area contributed by atoms with E-state index in [2.05, 4.69) is 0 Å². The number of carbonyl (C=O) groups is 1. The van der Waals surface area contributed by atoms with Gasteiger partial charge in [0.15, 0.2) is 0 Å². The number of rotatable bonds is 2. The molecule has 1 heterocycles. The average Bonchev–Trinajstić information content (AvgIpc) is 2.48. The predicted molar refractivity (Wildman–Crippen MR) is 64.5 cm³/mol. The minimum atomic E-state index is -0.761. The molecule has 1 N–H and O–H groups in total. The summed E-state index contributed by atoms with van der Waals surface area (Å²) in [5.74, 6) is 0.102. The molecule has 92 valence electrons. The van der Waals surface area contributed by atoms with E-state index >= 15 is 0 Å². The molecular formula is C13H17NO3. The van der Waals surface area contributed by atoms with Crippen molar-refractivity contribution in [2.45, 2.75) is 18.9 Å². The second-order valence-electron chi connectivity index (χ2n) is 4.39. The summed E-state index contributed by atoms with van der Waals surface area (Å²) in [6.45, 7) is 0.740. The smallest absolute Gasteiger partial charge is 0.321 e. The highest BCUT2D eigenvalue weighted by Crippen LogP contribution is 2.27. The molecule has 0 aromatic heterocycles. The zero-order valence-corrected chi connectivity index (χ0v) is 10.1. The molecule has 4 heteroatoms. The first kappa shape index (κ1) is 11.9. The number of carboxylic acids is 1. The molecule has 0 bridgehead atoms. The van der Waals surface area contributed by atoms with E-state index in [1.165, 1.54) is 0 Å². The van der Waals surface area contributed by atoms with Crippen molar-refractivity contribution in [1.29, 1.82) is 0 Å². The van der Waals surface area contributed by atoms with E-state index in [-0.39, 0.29) is 0 Å². The van der Waals surface area contributed by atoms with Gasteiger partial charge in [0.05, 0.1) is 7.11 Å². The number of likely N-dealkylation sites (N-methyl/N-ethyl adjacent to an activating group) is 1. The third kappa shape index (κ3) is 2.26. The molecule has 2 rings (SSSR count). The maximum absolute atomic E-state index is 11.2. The van der Waals surface area contributed by atoms with E-state index in [1.807, 2.05) is 30.1 Å². The Kier molecular flexibility index (Phi) is 3.33. The van der Waals surface area contributed by atoms with Crippen LogP contribution >= 0.6 is 0 Å². The first-order chi connectivity index (χ1) is 8.13. The Morgan fingerprint density at radius 3 is 2.94 bits per heavy atom. The maximum atomic E-state index is 11.2. The van der Waals surface area contributed by atoms with Gasteiger partial charge >= 0.3 is 5.97 Å². The van der Waals surface area contributed by atoms with Gasteiger partial charge in [0.2, 0.25) is 0 Å². The fourth-order valence-corrected chi connectivity index (χ4v) is 2.36. The Labute approximate surface area is 101 Å². The van der Waals surface area contributed by atoms with Crippen LogP contribution in [0.15, 0.2) is 18.2 Å². The number of hydrogen-bond acceptors (Lipinski definition) is 3. The van der Waals surface area contributed by atoms with Crippen LogP contribution in [0.3, 0.4) is 0 Å². The van der Waals surface area contributed by atoms with E-state index in [1.54, 1.807) is 7.11 Å². The number of ether oxygens (including phenoxy) is 1. The summed E-state index contributed by atoms with van der Waals surface area (Å²) in [6, 6.07) is 5.40. The zero-order valence-electron chi connectivity index (χ0n) is 10.1. The fourth-order valence-electron chi connectivity index (χ4n) is 2.36. The van der Waals surface area contributed by atoms with Gasteiger partial charge in [0.1, 0.15) is 11.8 Å². The quantitative estimate of drug-likeness (QED) is 0.836. The van der Waals surface area contributed by atoms with Crippen molar-refractivity contribution < 1.29 is 14.6 Å². The largest absolute Gasteiger partial charge is 0.496 e. The van der Waals surface area contributed by atoms with Crippen molar-refractivity contribution in [2.24, 2.45) is 0 Å². The van der Waals surface area contributed by atoms with E-state index in [9.17, 15) is 9.90 Å². The molecule has 0 amide bonds. The molecule has 0 spiro atoms. The van der Waals surface area contributed by atoms with Crippen molar-refractivity contribution in [3.05, 3.63) is 29.3 Å². The molecule has 17 heavy (non-hydrogen) atoms. The van der Waals surface area contributed by atoms with Crippen molar-refractivity contribution in [2.75, 3.05) is 20.7 Å². The number of benzene rings is 1. The Hall–Kier alpha value is -1.55. The summed E-state index contributed by atoms with van der Waals surface area (Å²) in [5, 5.41) is 9.21. The molecule has 1 aliphatic rings. The van der Waals surface area contributed by atoms with Gasteiger partial charge in [-0.3, -0.25) is 9.69 Å². The lowest BCUT2D eigenvalue weighted by Gasteiger charge is -2.21. The Morgan fingerprint density at radius 1 is 1.53 bits per heavy atom. The highest BCUT2D eigenvalue weighted by molar-refractivity contribution is 5.74. The molecule has 0 aliphatic carbocycles. The van der Waals surface area contributed by atoms with E-state index < -0.39 is 12.0 Å². The summed E-state index contributed by atoms with van der Waals surface area (Å²) in [6.07, 6.45) is 1.37. The number of carboxylic acid groups (broad SMARTS) is 1. The molecule has 1 atom stereocenters. The monoisotopic (exact) mass is 235 g/mol. The van der Waals surface area contributed by atoms with Gasteiger partial charge in [-0.2, -0.15) is 0 Å². The second-order valence-corrected chi connectivity index (χ2v) is 4.39. The third-order valence-corrected chi connectivity index (χ3v) is 3.39. The van der Waals surface area contributed by atoms with Crippen molar-refractivity contribution in [3.63, 3.8) is 0 Å². The molecule has 0 fully saturated rings. The first-order valence-corrected chi connectivity index (χ1v) is 5.71. The van der Waals surface area contributed by atoms with Gasteiger partial charge in [-0.15, -0.1) is 0 Å². The topological polar surface area (TPSA) is 49.8 Å². The van der Waals surface area contributed by atoms with E-state index in [0.29, 0.717) is 6.42 Å². The van der Waals surface area contributed by atoms with E-state index in [0.717, 1.165) is 29.8 Å². The molecule has 1 unspecified atom stereocenters. The third-order valence-electron chi connectivity index (χ3n) is 3.39. The summed E-state index contributed by atoms with van der Waals surface area (Å²) < 4.78 is 5.33. The van der Waals surface area contributed by atoms with Crippen LogP contribution in [0.25, 0.3) is 0 Å². The van der Waals surface area contributed by atoms with Crippen molar-refractivity contribution >= 4 is 5.97 Å². The minimum Gasteiger partial charge on any atom is -0.496 e. The normalized spacial score (nSPS) is 20.5.